The van der Waals surface area contributed by atoms with Gasteiger partial charge in [0.25, 0.3) is 0 Å². The number of amides is 3. The van der Waals surface area contributed by atoms with E-state index in [4.69, 9.17) is 0 Å². The van der Waals surface area contributed by atoms with E-state index < -0.39 is 0 Å². The number of carbonyl (C=O) groups excluding carboxylic acids is 2. The van der Waals surface area contributed by atoms with Crippen LogP contribution in [0, 0.1) is 0 Å². The summed E-state index contributed by atoms with van der Waals surface area (Å²) in [4.78, 5) is 27.5. The van der Waals surface area contributed by atoms with Crippen LogP contribution in [0.15, 0.2) is 24.3 Å². The Labute approximate surface area is 144 Å². The lowest BCUT2D eigenvalue weighted by molar-refractivity contribution is -0.128. The molecule has 0 spiro atoms. The Hall–Kier alpha value is -2.24. The molecule has 0 radical (unpaired) electrons. The molecule has 1 aliphatic heterocycles. The molecule has 1 aliphatic rings. The lowest BCUT2D eigenvalue weighted by Gasteiger charge is -2.25. The van der Waals surface area contributed by atoms with Gasteiger partial charge < -0.3 is 20.4 Å². The minimum absolute atomic E-state index is 0.000247. The molecule has 0 bridgehead atoms. The molecule has 0 aliphatic carbocycles. The fraction of sp³-hybridized carbons (Fsp3) is 0.556. The Morgan fingerprint density at radius 2 is 1.75 bits per heavy atom. The number of anilines is 2. The van der Waals surface area contributed by atoms with Gasteiger partial charge in [0.1, 0.15) is 0 Å². The maximum Gasteiger partial charge on any atom is 0.319 e. The number of rotatable bonds is 5. The molecule has 0 aromatic heterocycles. The monoisotopic (exact) mass is 332 g/mol. The molecule has 1 saturated heterocycles. The van der Waals surface area contributed by atoms with Gasteiger partial charge in [0.15, 0.2) is 0 Å². The van der Waals surface area contributed by atoms with Crippen molar-refractivity contribution in [1.29, 1.82) is 0 Å². The number of hydrogen-bond donors (Lipinski definition) is 2. The van der Waals surface area contributed by atoms with Crippen LogP contribution in [-0.2, 0) is 4.79 Å². The summed E-state index contributed by atoms with van der Waals surface area (Å²) in [5, 5.41) is 5.66. The van der Waals surface area contributed by atoms with E-state index in [1.54, 1.807) is 14.1 Å². The molecule has 1 heterocycles. The van der Waals surface area contributed by atoms with Crippen LogP contribution in [0.5, 0.6) is 0 Å². The van der Waals surface area contributed by atoms with Crippen LogP contribution in [-0.4, -0.2) is 50.6 Å². The molecular weight excluding hydrogens is 304 g/mol. The quantitative estimate of drug-likeness (QED) is 0.871. The molecule has 3 amide bonds. The molecule has 0 atom stereocenters. The molecule has 0 saturated carbocycles. The molecule has 6 nitrogen and oxygen atoms in total. The average Bonchev–Trinajstić information content (AvgIpc) is 2.84. The molecule has 24 heavy (non-hydrogen) atoms. The summed E-state index contributed by atoms with van der Waals surface area (Å²) in [7, 11) is 3.42. The van der Waals surface area contributed by atoms with Gasteiger partial charge in [-0.2, -0.15) is 0 Å². The van der Waals surface area contributed by atoms with E-state index in [9.17, 15) is 9.59 Å². The SMILES string of the molecule is CN(C)C(=O)CCNC(=O)Nc1ccccc1N1CCCCCC1. The smallest absolute Gasteiger partial charge is 0.319 e. The van der Waals surface area contributed by atoms with Crippen LogP contribution in [0.4, 0.5) is 16.2 Å². The van der Waals surface area contributed by atoms with Crippen molar-refractivity contribution in [3.8, 4) is 0 Å². The van der Waals surface area contributed by atoms with Crippen LogP contribution in [0.1, 0.15) is 32.1 Å². The van der Waals surface area contributed by atoms with Crippen LogP contribution in [0.3, 0.4) is 0 Å². The van der Waals surface area contributed by atoms with E-state index in [0.717, 1.165) is 24.5 Å². The fourth-order valence-corrected chi connectivity index (χ4v) is 2.84. The summed E-state index contributed by atoms with van der Waals surface area (Å²) in [5.41, 5.74) is 1.88. The summed E-state index contributed by atoms with van der Waals surface area (Å²) >= 11 is 0. The maximum atomic E-state index is 12.1. The minimum atomic E-state index is -0.274. The third-order valence-electron chi connectivity index (χ3n) is 4.22. The number of urea groups is 1. The van der Waals surface area contributed by atoms with Crippen LogP contribution < -0.4 is 15.5 Å². The van der Waals surface area contributed by atoms with Crippen molar-refractivity contribution in [2.75, 3.05) is 43.9 Å². The first-order chi connectivity index (χ1) is 11.6. The zero-order valence-corrected chi connectivity index (χ0v) is 14.7. The van der Waals surface area contributed by atoms with E-state index >= 15 is 0 Å². The van der Waals surface area contributed by atoms with E-state index in [0.29, 0.717) is 13.0 Å². The van der Waals surface area contributed by atoms with Gasteiger partial charge in [-0.15, -0.1) is 0 Å². The first-order valence-electron chi connectivity index (χ1n) is 8.67. The number of para-hydroxylation sites is 2. The van der Waals surface area contributed by atoms with Crippen molar-refractivity contribution in [2.45, 2.75) is 32.1 Å². The second-order valence-electron chi connectivity index (χ2n) is 6.34. The Balaban J connectivity index is 1.92. The molecule has 2 rings (SSSR count). The van der Waals surface area contributed by atoms with Crippen molar-refractivity contribution < 1.29 is 9.59 Å². The largest absolute Gasteiger partial charge is 0.370 e. The molecule has 6 heteroatoms. The highest BCUT2D eigenvalue weighted by Crippen LogP contribution is 2.27. The number of nitrogens with zero attached hydrogens (tertiary/aromatic N) is 2. The van der Waals surface area contributed by atoms with Crippen molar-refractivity contribution in [2.24, 2.45) is 0 Å². The first kappa shape index (κ1) is 18.1. The van der Waals surface area contributed by atoms with Crippen molar-refractivity contribution >= 4 is 23.3 Å². The second kappa shape index (κ2) is 9.15. The first-order valence-corrected chi connectivity index (χ1v) is 8.67. The van der Waals surface area contributed by atoms with E-state index in [1.807, 2.05) is 18.2 Å². The summed E-state index contributed by atoms with van der Waals surface area (Å²) in [6, 6.07) is 7.62. The highest BCUT2D eigenvalue weighted by molar-refractivity contribution is 5.93. The highest BCUT2D eigenvalue weighted by atomic mass is 16.2. The normalized spacial score (nSPS) is 14.7. The van der Waals surface area contributed by atoms with Crippen LogP contribution in [0.25, 0.3) is 0 Å². The van der Waals surface area contributed by atoms with Gasteiger partial charge >= 0.3 is 6.03 Å². The van der Waals surface area contributed by atoms with E-state index in [-0.39, 0.29) is 11.9 Å². The van der Waals surface area contributed by atoms with Crippen molar-refractivity contribution in [3.05, 3.63) is 24.3 Å². The van der Waals surface area contributed by atoms with Crippen molar-refractivity contribution in [1.82, 2.24) is 10.2 Å². The Morgan fingerprint density at radius 1 is 1.08 bits per heavy atom. The lowest BCUT2D eigenvalue weighted by atomic mass is 10.2. The number of nitrogens with one attached hydrogen (secondary N) is 2. The zero-order valence-electron chi connectivity index (χ0n) is 14.7. The number of benzene rings is 1. The van der Waals surface area contributed by atoms with Gasteiger partial charge in [0.05, 0.1) is 11.4 Å². The third-order valence-corrected chi connectivity index (χ3v) is 4.22. The Bertz CT molecular complexity index is 552. The highest BCUT2D eigenvalue weighted by Gasteiger charge is 2.14. The maximum absolute atomic E-state index is 12.1. The molecule has 2 N–H and O–H groups in total. The molecule has 0 unspecified atom stereocenters. The fourth-order valence-electron chi connectivity index (χ4n) is 2.84. The van der Waals surface area contributed by atoms with Gasteiger partial charge in [-0.1, -0.05) is 25.0 Å². The summed E-state index contributed by atoms with van der Waals surface area (Å²) in [6.07, 6.45) is 5.22. The minimum Gasteiger partial charge on any atom is -0.370 e. The molecule has 1 aromatic rings. The van der Waals surface area contributed by atoms with Crippen LogP contribution >= 0.6 is 0 Å². The summed E-state index contributed by atoms with van der Waals surface area (Å²) in [5.74, 6) is 0.000247. The summed E-state index contributed by atoms with van der Waals surface area (Å²) < 4.78 is 0. The molecular formula is C18H28N4O2. The molecule has 1 aromatic carbocycles. The van der Waals surface area contributed by atoms with Gasteiger partial charge in [-0.3, -0.25) is 4.79 Å². The topological polar surface area (TPSA) is 64.7 Å². The number of hydrogen-bond acceptors (Lipinski definition) is 3. The molecule has 1 fully saturated rings. The van der Waals surface area contributed by atoms with Gasteiger partial charge in [-0.05, 0) is 25.0 Å². The Kier molecular flexibility index (Phi) is 6.90. The molecule has 132 valence electrons. The third kappa shape index (κ3) is 5.44. The van der Waals surface area contributed by atoms with Gasteiger partial charge in [0.2, 0.25) is 5.91 Å². The predicted octanol–water partition coefficient (Wildman–Crippen LogP) is 2.67. The number of carbonyl (C=O) groups is 2. The van der Waals surface area contributed by atoms with E-state index in [2.05, 4.69) is 21.6 Å². The van der Waals surface area contributed by atoms with Gasteiger partial charge in [-0.25, -0.2) is 4.79 Å². The summed E-state index contributed by atoms with van der Waals surface area (Å²) in [6.45, 7) is 2.38. The van der Waals surface area contributed by atoms with E-state index in [1.165, 1.54) is 30.6 Å². The predicted molar refractivity (Wildman–Crippen MR) is 97.5 cm³/mol. The van der Waals surface area contributed by atoms with Crippen LogP contribution in [0.2, 0.25) is 0 Å². The second-order valence-corrected chi connectivity index (χ2v) is 6.34. The Morgan fingerprint density at radius 3 is 2.42 bits per heavy atom. The standard InChI is InChI=1S/C18H28N4O2/c1-21(2)17(23)11-12-19-18(24)20-15-9-5-6-10-16(15)22-13-7-3-4-8-14-22/h5-6,9-10H,3-4,7-8,11-14H2,1-2H3,(H2,19,20,24). The average molecular weight is 332 g/mol. The lowest BCUT2D eigenvalue weighted by Crippen LogP contribution is -2.33. The van der Waals surface area contributed by atoms with Gasteiger partial charge in [0, 0.05) is 40.2 Å². The van der Waals surface area contributed by atoms with Crippen molar-refractivity contribution in [3.63, 3.8) is 0 Å². The zero-order chi connectivity index (χ0) is 17.4.